The number of carbonyl (C=O) groups is 1. The van der Waals surface area contributed by atoms with Crippen LogP contribution in [-0.2, 0) is 7.05 Å². The van der Waals surface area contributed by atoms with Gasteiger partial charge in [0, 0.05) is 42.6 Å². The lowest BCUT2D eigenvalue weighted by Crippen LogP contribution is -2.36. The predicted molar refractivity (Wildman–Crippen MR) is 140 cm³/mol. The maximum atomic E-state index is 13.0. The second kappa shape index (κ2) is 9.70. The maximum absolute atomic E-state index is 13.0. The smallest absolute Gasteiger partial charge is 0.251 e. The summed E-state index contributed by atoms with van der Waals surface area (Å²) in [5, 5.41) is 16.0. The molecule has 5 heterocycles. The molecule has 10 heteroatoms. The van der Waals surface area contributed by atoms with E-state index in [0.717, 1.165) is 52.9 Å². The third-order valence-corrected chi connectivity index (χ3v) is 6.85. The van der Waals surface area contributed by atoms with Crippen molar-refractivity contribution < 1.29 is 14.3 Å². The highest BCUT2D eigenvalue weighted by atomic mass is 16.5. The number of fused-ring (bicyclic) bond motifs is 4. The number of aromatic amines is 1. The number of nitrogens with one attached hydrogen (secondary N) is 2. The molecular formula is C27H29N7O3. The summed E-state index contributed by atoms with van der Waals surface area (Å²) in [6.45, 7) is 2.74. The molecule has 0 saturated carbocycles. The zero-order chi connectivity index (χ0) is 25.4. The Kier molecular flexibility index (Phi) is 6.09. The van der Waals surface area contributed by atoms with Gasteiger partial charge in [-0.2, -0.15) is 10.2 Å². The van der Waals surface area contributed by atoms with Crippen LogP contribution < -0.4 is 14.8 Å². The Morgan fingerprint density at radius 1 is 1.14 bits per heavy atom. The van der Waals surface area contributed by atoms with Crippen LogP contribution in [0.2, 0.25) is 0 Å². The van der Waals surface area contributed by atoms with Gasteiger partial charge in [0.05, 0.1) is 48.1 Å². The van der Waals surface area contributed by atoms with Crippen molar-refractivity contribution in [2.75, 3.05) is 33.4 Å². The molecule has 1 amide bonds. The number of likely N-dealkylation sites (N-methyl/N-ethyl adjacent to an activating group) is 1. The number of H-pyrrole nitrogens is 1. The van der Waals surface area contributed by atoms with E-state index in [0.29, 0.717) is 36.8 Å². The molecule has 1 aromatic carbocycles. The Morgan fingerprint density at radius 3 is 2.89 bits per heavy atom. The van der Waals surface area contributed by atoms with Gasteiger partial charge in [-0.25, -0.2) is 4.68 Å². The van der Waals surface area contributed by atoms with Crippen LogP contribution in [0, 0.1) is 0 Å². The van der Waals surface area contributed by atoms with Crippen LogP contribution in [0.3, 0.4) is 0 Å². The molecule has 2 N–H and O–H groups in total. The van der Waals surface area contributed by atoms with Crippen molar-refractivity contribution in [1.29, 1.82) is 0 Å². The number of nitrogens with zero attached hydrogens (tertiary/aromatic N) is 5. The Bertz CT molecular complexity index is 1490. The van der Waals surface area contributed by atoms with Crippen molar-refractivity contribution in [1.82, 2.24) is 35.2 Å². The van der Waals surface area contributed by atoms with Crippen molar-refractivity contribution in [2.24, 2.45) is 7.05 Å². The first kappa shape index (κ1) is 23.2. The molecule has 190 valence electrons. The quantitative estimate of drug-likeness (QED) is 0.436. The number of hydrogen-bond acceptors (Lipinski definition) is 7. The number of pyridine rings is 1. The highest BCUT2D eigenvalue weighted by molar-refractivity contribution is 5.96. The highest BCUT2D eigenvalue weighted by Gasteiger charge is 2.22. The fraction of sp³-hybridized carbons (Fsp3) is 0.333. The van der Waals surface area contributed by atoms with E-state index in [9.17, 15) is 4.79 Å². The van der Waals surface area contributed by atoms with Crippen LogP contribution in [0.5, 0.6) is 11.6 Å². The van der Waals surface area contributed by atoms with E-state index in [-0.39, 0.29) is 11.9 Å². The summed E-state index contributed by atoms with van der Waals surface area (Å²) in [5.74, 6) is 1.21. The number of aromatic nitrogens is 5. The predicted octanol–water partition coefficient (Wildman–Crippen LogP) is 3.12. The summed E-state index contributed by atoms with van der Waals surface area (Å²) in [6.07, 6.45) is 9.06. The highest BCUT2D eigenvalue weighted by Crippen LogP contribution is 2.31. The molecule has 1 saturated heterocycles. The summed E-state index contributed by atoms with van der Waals surface area (Å²) >= 11 is 0. The lowest BCUT2D eigenvalue weighted by Gasteiger charge is -2.15. The van der Waals surface area contributed by atoms with Gasteiger partial charge in [0.2, 0.25) is 5.88 Å². The number of ether oxygens (including phenoxy) is 2. The molecule has 6 rings (SSSR count). The van der Waals surface area contributed by atoms with E-state index < -0.39 is 0 Å². The van der Waals surface area contributed by atoms with Crippen molar-refractivity contribution in [3.63, 3.8) is 0 Å². The molecule has 0 unspecified atom stereocenters. The second-order valence-electron chi connectivity index (χ2n) is 9.57. The zero-order valence-corrected chi connectivity index (χ0v) is 20.9. The number of amides is 1. The van der Waals surface area contributed by atoms with Crippen molar-refractivity contribution in [3.8, 4) is 22.9 Å². The van der Waals surface area contributed by atoms with Gasteiger partial charge in [-0.05, 0) is 50.4 Å². The van der Waals surface area contributed by atoms with Gasteiger partial charge in [-0.3, -0.25) is 14.9 Å². The van der Waals surface area contributed by atoms with Crippen LogP contribution in [0.25, 0.3) is 34.3 Å². The summed E-state index contributed by atoms with van der Waals surface area (Å²) < 4.78 is 14.0. The van der Waals surface area contributed by atoms with Crippen LogP contribution in [0.4, 0.5) is 0 Å². The molecule has 0 radical (unpaired) electrons. The number of likely N-dealkylation sites (tertiary alicyclic amines) is 1. The minimum absolute atomic E-state index is 0.0861. The molecule has 2 bridgehead atoms. The zero-order valence-electron chi connectivity index (χ0n) is 20.9. The standard InChI is InChI=1S/C27H29N7O3/c1-33-9-8-19(16-33)30-26(35)18-5-4-17-6-7-22-20-13-23(28-15-24(20)32-31-22)21-14-29-34(2)27(21)37-11-3-10-36-25(17)12-18/h4-7,12-15,19H,3,8-11,16H2,1-2H3,(H,30,35)(H,31,32)/b7-6+/t19-/m0/s1. The summed E-state index contributed by atoms with van der Waals surface area (Å²) in [7, 11) is 3.92. The molecule has 37 heavy (non-hydrogen) atoms. The fourth-order valence-corrected chi connectivity index (χ4v) is 4.82. The first-order valence-corrected chi connectivity index (χ1v) is 12.5. The lowest BCUT2D eigenvalue weighted by molar-refractivity contribution is 0.0938. The number of benzene rings is 1. The van der Waals surface area contributed by atoms with E-state index in [4.69, 9.17) is 9.47 Å². The van der Waals surface area contributed by atoms with Gasteiger partial charge in [-0.1, -0.05) is 6.07 Å². The summed E-state index contributed by atoms with van der Waals surface area (Å²) in [6, 6.07) is 7.73. The molecule has 0 spiro atoms. The lowest BCUT2D eigenvalue weighted by atomic mass is 10.1. The Hall–Kier alpha value is -4.18. The van der Waals surface area contributed by atoms with E-state index >= 15 is 0 Å². The maximum Gasteiger partial charge on any atom is 0.251 e. The number of carbonyl (C=O) groups excluding carboxylic acids is 1. The van der Waals surface area contributed by atoms with Gasteiger partial charge in [0.1, 0.15) is 5.75 Å². The van der Waals surface area contributed by atoms with Gasteiger partial charge in [0.25, 0.3) is 5.91 Å². The van der Waals surface area contributed by atoms with Crippen LogP contribution in [0.1, 0.15) is 34.5 Å². The average molecular weight is 500 g/mol. The van der Waals surface area contributed by atoms with Crippen LogP contribution in [-0.4, -0.2) is 75.2 Å². The third-order valence-electron chi connectivity index (χ3n) is 6.85. The topological polar surface area (TPSA) is 110 Å². The number of hydrogen-bond donors (Lipinski definition) is 2. The Balaban J connectivity index is 1.34. The SMILES string of the molecule is CN1CC[C@H](NC(=O)c2ccc3c(c2)OCCCOc2c(cnn2C)-c2cc4c(n[nH]c4cn2)/C=C/3)C1. The van der Waals surface area contributed by atoms with E-state index in [1.54, 1.807) is 17.1 Å². The third kappa shape index (κ3) is 4.67. The molecule has 0 aliphatic carbocycles. The average Bonchev–Trinajstić information content (AvgIpc) is 3.60. The summed E-state index contributed by atoms with van der Waals surface area (Å²) in [4.78, 5) is 19.8. The number of rotatable bonds is 2. The molecule has 1 atom stereocenters. The number of aryl methyl sites for hydroxylation is 1. The first-order chi connectivity index (χ1) is 18.0. The van der Waals surface area contributed by atoms with E-state index in [2.05, 4.69) is 37.5 Å². The second-order valence-corrected chi connectivity index (χ2v) is 9.57. The molecule has 2 aliphatic rings. The van der Waals surface area contributed by atoms with Gasteiger partial charge in [-0.15, -0.1) is 0 Å². The molecule has 1 fully saturated rings. The normalized spacial score (nSPS) is 18.8. The Labute approximate surface area is 214 Å². The molecule has 3 aromatic heterocycles. The monoisotopic (exact) mass is 499 g/mol. The minimum atomic E-state index is -0.0861. The summed E-state index contributed by atoms with van der Waals surface area (Å²) in [5.41, 5.74) is 4.64. The first-order valence-electron chi connectivity index (χ1n) is 12.5. The van der Waals surface area contributed by atoms with Crippen molar-refractivity contribution in [2.45, 2.75) is 18.9 Å². The minimum Gasteiger partial charge on any atom is -0.493 e. The van der Waals surface area contributed by atoms with Crippen molar-refractivity contribution >= 4 is 29.0 Å². The molecular weight excluding hydrogens is 470 g/mol. The van der Waals surface area contributed by atoms with Gasteiger partial charge >= 0.3 is 0 Å². The largest absolute Gasteiger partial charge is 0.493 e. The Morgan fingerprint density at radius 2 is 2.03 bits per heavy atom. The molecule has 2 aliphatic heterocycles. The fourth-order valence-electron chi connectivity index (χ4n) is 4.82. The van der Waals surface area contributed by atoms with E-state index in [1.807, 2.05) is 43.5 Å². The van der Waals surface area contributed by atoms with Gasteiger partial charge < -0.3 is 19.7 Å². The van der Waals surface area contributed by atoms with Crippen LogP contribution >= 0.6 is 0 Å². The molecule has 4 aromatic rings. The van der Waals surface area contributed by atoms with Gasteiger partial charge in [0.15, 0.2) is 0 Å². The van der Waals surface area contributed by atoms with E-state index in [1.165, 1.54) is 0 Å². The molecule has 10 nitrogen and oxygen atoms in total. The van der Waals surface area contributed by atoms with Crippen molar-refractivity contribution in [3.05, 3.63) is 53.5 Å². The van der Waals surface area contributed by atoms with Crippen LogP contribution in [0.15, 0.2) is 36.7 Å².